The summed E-state index contributed by atoms with van der Waals surface area (Å²) >= 11 is 0. The van der Waals surface area contributed by atoms with Gasteiger partial charge in [-0.3, -0.25) is 4.68 Å². The highest BCUT2D eigenvalue weighted by atomic mass is 16.6. The van der Waals surface area contributed by atoms with Crippen LogP contribution in [0, 0.1) is 0 Å². The van der Waals surface area contributed by atoms with Gasteiger partial charge in [0.1, 0.15) is 19.0 Å². The molecule has 1 N–H and O–H groups in total. The maximum Gasteiger partial charge on any atom is 0.203 e. The van der Waals surface area contributed by atoms with Gasteiger partial charge in [-0.05, 0) is 31.8 Å². The van der Waals surface area contributed by atoms with Gasteiger partial charge in [0.25, 0.3) is 0 Å². The van der Waals surface area contributed by atoms with Gasteiger partial charge in [-0.1, -0.05) is 0 Å². The van der Waals surface area contributed by atoms with Crippen LogP contribution in [0.2, 0.25) is 0 Å². The van der Waals surface area contributed by atoms with Crippen molar-refractivity contribution in [2.24, 2.45) is 0 Å². The van der Waals surface area contributed by atoms with Gasteiger partial charge in [0.2, 0.25) is 5.75 Å². The number of fused-ring (bicyclic) bond motifs is 1. The Morgan fingerprint density at radius 1 is 1.29 bits per heavy atom. The first-order chi connectivity index (χ1) is 11.7. The highest BCUT2D eigenvalue weighted by molar-refractivity contribution is 5.55. The molecule has 0 aliphatic carbocycles. The van der Waals surface area contributed by atoms with E-state index < -0.39 is 0 Å². The van der Waals surface area contributed by atoms with E-state index in [1.165, 1.54) is 0 Å². The molecule has 1 aromatic heterocycles. The molecule has 1 aliphatic rings. The van der Waals surface area contributed by atoms with Crippen molar-refractivity contribution in [3.63, 3.8) is 0 Å². The summed E-state index contributed by atoms with van der Waals surface area (Å²) in [7, 11) is 5.74. The molecule has 2 heterocycles. The number of rotatable bonds is 7. The summed E-state index contributed by atoms with van der Waals surface area (Å²) in [5.41, 5.74) is 1.05. The maximum atomic E-state index is 5.66. The van der Waals surface area contributed by atoms with Crippen molar-refractivity contribution in [1.29, 1.82) is 0 Å². The minimum Gasteiger partial charge on any atom is -0.493 e. The molecule has 7 heteroatoms. The van der Waals surface area contributed by atoms with Crippen LogP contribution in [0.1, 0.15) is 5.56 Å². The third kappa shape index (κ3) is 3.91. The highest BCUT2D eigenvalue weighted by Crippen LogP contribution is 2.40. The number of hydrogen-bond donors (Lipinski definition) is 1. The fraction of sp³-hybridized carbons (Fsp3) is 0.471. The second-order valence-electron chi connectivity index (χ2n) is 5.94. The van der Waals surface area contributed by atoms with Crippen LogP contribution in [-0.4, -0.2) is 55.6 Å². The fourth-order valence-electron chi connectivity index (χ4n) is 2.51. The van der Waals surface area contributed by atoms with E-state index >= 15 is 0 Å². The zero-order valence-electron chi connectivity index (χ0n) is 14.4. The van der Waals surface area contributed by atoms with Crippen LogP contribution in [0.25, 0.3) is 0 Å². The lowest BCUT2D eigenvalue weighted by atomic mass is 10.1. The van der Waals surface area contributed by atoms with Gasteiger partial charge in [-0.15, -0.1) is 0 Å². The van der Waals surface area contributed by atoms with E-state index in [0.29, 0.717) is 31.3 Å². The number of aromatic nitrogens is 2. The van der Waals surface area contributed by atoms with Crippen LogP contribution >= 0.6 is 0 Å². The van der Waals surface area contributed by atoms with E-state index in [1.807, 2.05) is 29.1 Å². The van der Waals surface area contributed by atoms with Gasteiger partial charge in [-0.25, -0.2) is 0 Å². The van der Waals surface area contributed by atoms with E-state index in [2.05, 4.69) is 29.4 Å². The molecule has 0 spiro atoms. The van der Waals surface area contributed by atoms with Gasteiger partial charge in [0, 0.05) is 25.4 Å². The average molecular weight is 332 g/mol. The molecule has 0 saturated heterocycles. The predicted molar refractivity (Wildman–Crippen MR) is 92.1 cm³/mol. The fourth-order valence-corrected chi connectivity index (χ4v) is 2.51. The first-order valence-corrected chi connectivity index (χ1v) is 8.04. The third-order valence-electron chi connectivity index (χ3n) is 3.78. The zero-order valence-corrected chi connectivity index (χ0v) is 14.4. The molecule has 0 saturated carbocycles. The molecule has 130 valence electrons. The first-order valence-electron chi connectivity index (χ1n) is 8.04. The maximum absolute atomic E-state index is 5.66. The predicted octanol–water partition coefficient (Wildman–Crippen LogP) is 1.84. The molecule has 0 radical (unpaired) electrons. The Morgan fingerprint density at radius 2 is 2.12 bits per heavy atom. The standard InChI is InChI=1S/C17H24N4O3/c1-20(2)6-7-21-5-4-16(19-21)18-12-13-10-14(22-3)17-15(11-13)23-8-9-24-17/h4-5,10-11H,6-9,12H2,1-3H3,(H,18,19). The Bertz CT molecular complexity index is 667. The minimum absolute atomic E-state index is 0.547. The van der Waals surface area contributed by atoms with Crippen molar-refractivity contribution in [1.82, 2.24) is 14.7 Å². The topological polar surface area (TPSA) is 60.8 Å². The molecule has 24 heavy (non-hydrogen) atoms. The Kier molecular flexibility index (Phi) is 5.10. The van der Waals surface area contributed by atoms with Crippen LogP contribution in [0.3, 0.4) is 0 Å². The van der Waals surface area contributed by atoms with Crippen molar-refractivity contribution in [3.8, 4) is 17.2 Å². The van der Waals surface area contributed by atoms with E-state index in [4.69, 9.17) is 14.2 Å². The summed E-state index contributed by atoms with van der Waals surface area (Å²) in [6.45, 7) is 3.57. The normalized spacial score (nSPS) is 13.2. The Morgan fingerprint density at radius 3 is 2.92 bits per heavy atom. The number of likely N-dealkylation sites (N-methyl/N-ethyl adjacent to an activating group) is 1. The van der Waals surface area contributed by atoms with Crippen molar-refractivity contribution < 1.29 is 14.2 Å². The first kappa shape index (κ1) is 16.4. The third-order valence-corrected chi connectivity index (χ3v) is 3.78. The lowest BCUT2D eigenvalue weighted by molar-refractivity contribution is 0.165. The number of ether oxygens (including phenoxy) is 3. The van der Waals surface area contributed by atoms with Crippen LogP contribution in [0.5, 0.6) is 17.2 Å². The number of hydrogen-bond acceptors (Lipinski definition) is 6. The van der Waals surface area contributed by atoms with Crippen molar-refractivity contribution in [2.75, 3.05) is 46.3 Å². The number of nitrogens with one attached hydrogen (secondary N) is 1. The second kappa shape index (κ2) is 7.44. The average Bonchev–Trinajstić information content (AvgIpc) is 3.05. The van der Waals surface area contributed by atoms with Gasteiger partial charge >= 0.3 is 0 Å². The van der Waals surface area contributed by atoms with Crippen LogP contribution in [0.4, 0.5) is 5.82 Å². The van der Waals surface area contributed by atoms with Gasteiger partial charge < -0.3 is 24.4 Å². The Balaban J connectivity index is 1.64. The molecule has 1 aromatic carbocycles. The second-order valence-corrected chi connectivity index (χ2v) is 5.94. The zero-order chi connectivity index (χ0) is 16.9. The summed E-state index contributed by atoms with van der Waals surface area (Å²) in [6, 6.07) is 5.92. The molecule has 0 bridgehead atoms. The van der Waals surface area contributed by atoms with Gasteiger partial charge in [0.05, 0.1) is 13.7 Å². The Labute approximate surface area is 142 Å². The summed E-state index contributed by atoms with van der Waals surface area (Å²) in [5, 5.41) is 7.85. The molecular formula is C17H24N4O3. The molecule has 7 nitrogen and oxygen atoms in total. The largest absolute Gasteiger partial charge is 0.493 e. The molecule has 1 aliphatic heterocycles. The van der Waals surface area contributed by atoms with Crippen molar-refractivity contribution in [3.05, 3.63) is 30.0 Å². The lowest BCUT2D eigenvalue weighted by Gasteiger charge is -2.21. The molecule has 0 amide bonds. The van der Waals surface area contributed by atoms with E-state index in [1.54, 1.807) is 7.11 Å². The highest BCUT2D eigenvalue weighted by Gasteiger charge is 2.18. The molecule has 3 rings (SSSR count). The smallest absolute Gasteiger partial charge is 0.203 e. The van der Waals surface area contributed by atoms with E-state index in [-0.39, 0.29) is 0 Å². The molecule has 0 fully saturated rings. The Hall–Kier alpha value is -2.41. The van der Waals surface area contributed by atoms with E-state index in [9.17, 15) is 0 Å². The summed E-state index contributed by atoms with van der Waals surface area (Å²) in [6.07, 6.45) is 1.98. The summed E-state index contributed by atoms with van der Waals surface area (Å²) in [4.78, 5) is 2.14. The number of nitrogens with zero attached hydrogens (tertiary/aromatic N) is 3. The molecular weight excluding hydrogens is 308 g/mol. The number of benzene rings is 1. The van der Waals surface area contributed by atoms with Crippen molar-refractivity contribution >= 4 is 5.82 Å². The summed E-state index contributed by atoms with van der Waals surface area (Å²) in [5.74, 6) is 2.96. The van der Waals surface area contributed by atoms with Crippen LogP contribution < -0.4 is 19.5 Å². The molecule has 2 aromatic rings. The van der Waals surface area contributed by atoms with Crippen molar-refractivity contribution in [2.45, 2.75) is 13.1 Å². The quantitative estimate of drug-likeness (QED) is 0.835. The number of methoxy groups -OCH3 is 1. The molecule has 0 unspecified atom stereocenters. The minimum atomic E-state index is 0.547. The number of anilines is 1. The van der Waals surface area contributed by atoms with Crippen LogP contribution in [0.15, 0.2) is 24.4 Å². The SMILES string of the molecule is COc1cc(CNc2ccn(CCN(C)C)n2)cc2c1OCCO2. The van der Waals surface area contributed by atoms with Crippen LogP contribution in [-0.2, 0) is 13.1 Å². The monoisotopic (exact) mass is 332 g/mol. The summed E-state index contributed by atoms with van der Waals surface area (Å²) < 4.78 is 18.6. The van der Waals surface area contributed by atoms with Gasteiger partial charge in [-0.2, -0.15) is 5.10 Å². The van der Waals surface area contributed by atoms with Gasteiger partial charge in [0.15, 0.2) is 11.5 Å². The van der Waals surface area contributed by atoms with E-state index in [0.717, 1.165) is 30.2 Å². The molecule has 0 atom stereocenters. The lowest BCUT2D eigenvalue weighted by Crippen LogP contribution is -2.18.